The number of benzene rings is 1. The molecule has 1 aliphatic carbocycles. The summed E-state index contributed by atoms with van der Waals surface area (Å²) in [6.45, 7) is 4.04. The molecule has 1 aromatic carbocycles. The Morgan fingerprint density at radius 3 is 2.84 bits per heavy atom. The van der Waals surface area contributed by atoms with Crippen molar-refractivity contribution in [2.24, 2.45) is 5.92 Å². The van der Waals surface area contributed by atoms with Gasteiger partial charge >= 0.3 is 0 Å². The van der Waals surface area contributed by atoms with Crippen molar-refractivity contribution in [2.45, 2.75) is 33.4 Å². The van der Waals surface area contributed by atoms with Gasteiger partial charge in [0.05, 0.1) is 28.9 Å². The lowest BCUT2D eigenvalue weighted by molar-refractivity contribution is -0.140. The first-order chi connectivity index (χ1) is 14.9. The van der Waals surface area contributed by atoms with E-state index in [-0.39, 0.29) is 24.7 Å². The molecule has 31 heavy (non-hydrogen) atoms. The summed E-state index contributed by atoms with van der Waals surface area (Å²) >= 11 is 1.35. The van der Waals surface area contributed by atoms with E-state index < -0.39 is 11.8 Å². The van der Waals surface area contributed by atoms with Gasteiger partial charge < -0.3 is 4.90 Å². The number of para-hydroxylation sites is 1. The predicted octanol–water partition coefficient (Wildman–Crippen LogP) is 2.92. The van der Waals surface area contributed by atoms with Crippen molar-refractivity contribution in [2.75, 3.05) is 0 Å². The molecule has 0 saturated carbocycles. The van der Waals surface area contributed by atoms with Crippen molar-refractivity contribution in [3.05, 3.63) is 64.1 Å². The number of allylic oxidation sites excluding steroid dienone is 4. The molecule has 1 aliphatic heterocycles. The van der Waals surface area contributed by atoms with Crippen LogP contribution in [0.5, 0.6) is 0 Å². The van der Waals surface area contributed by atoms with E-state index in [0.29, 0.717) is 17.1 Å². The zero-order chi connectivity index (χ0) is 21.7. The van der Waals surface area contributed by atoms with Gasteiger partial charge in [-0.1, -0.05) is 29.0 Å². The second-order valence-corrected chi connectivity index (χ2v) is 8.92. The Morgan fingerprint density at radius 2 is 2.03 bits per heavy atom. The molecule has 1 atom stereocenters. The van der Waals surface area contributed by atoms with Gasteiger partial charge in [0.1, 0.15) is 12.2 Å². The van der Waals surface area contributed by atoms with Gasteiger partial charge in [-0.25, -0.2) is 9.67 Å². The average molecular weight is 433 g/mol. The predicted molar refractivity (Wildman–Crippen MR) is 114 cm³/mol. The number of ketones is 2. The number of amides is 1. The molecular weight excluding hydrogens is 414 g/mol. The molecule has 0 bridgehead atoms. The SMILES string of the molecule is CC1=CC(C)=C2C(C1)C(=O)C(=O)N2Cc1cn(CC(=O)c2nc3ccccc3s2)nn1. The lowest BCUT2D eigenvalue weighted by Gasteiger charge is -2.23. The molecule has 1 fully saturated rings. The number of carbonyl (C=O) groups is 3. The van der Waals surface area contributed by atoms with E-state index in [2.05, 4.69) is 15.3 Å². The van der Waals surface area contributed by atoms with Crippen LogP contribution in [0.4, 0.5) is 0 Å². The van der Waals surface area contributed by atoms with Crippen LogP contribution in [0.2, 0.25) is 0 Å². The first-order valence-electron chi connectivity index (χ1n) is 9.92. The van der Waals surface area contributed by atoms with E-state index in [1.54, 1.807) is 6.20 Å². The Bertz CT molecular complexity index is 1280. The molecule has 0 N–H and O–H groups in total. The zero-order valence-electron chi connectivity index (χ0n) is 17.0. The Balaban J connectivity index is 1.34. The first-order valence-corrected chi connectivity index (χ1v) is 10.7. The summed E-state index contributed by atoms with van der Waals surface area (Å²) < 4.78 is 2.40. The normalized spacial score (nSPS) is 18.7. The van der Waals surface area contributed by atoms with Gasteiger partial charge in [-0.2, -0.15) is 0 Å². The maximum Gasteiger partial charge on any atom is 0.295 e. The van der Waals surface area contributed by atoms with E-state index >= 15 is 0 Å². The van der Waals surface area contributed by atoms with Crippen molar-refractivity contribution in [3.8, 4) is 0 Å². The van der Waals surface area contributed by atoms with Gasteiger partial charge in [-0.05, 0) is 38.0 Å². The van der Waals surface area contributed by atoms with Gasteiger partial charge in [-0.3, -0.25) is 14.4 Å². The van der Waals surface area contributed by atoms with E-state index in [0.717, 1.165) is 27.1 Å². The first kappa shape index (κ1) is 19.5. The maximum absolute atomic E-state index is 12.6. The van der Waals surface area contributed by atoms with Crippen LogP contribution in [-0.2, 0) is 22.7 Å². The summed E-state index contributed by atoms with van der Waals surface area (Å²) in [4.78, 5) is 43.6. The summed E-state index contributed by atoms with van der Waals surface area (Å²) in [5.74, 6) is -1.45. The molecule has 1 amide bonds. The number of hydrogen-bond donors (Lipinski definition) is 0. The second-order valence-electron chi connectivity index (χ2n) is 7.89. The van der Waals surface area contributed by atoms with Gasteiger partial charge in [0.25, 0.3) is 5.91 Å². The van der Waals surface area contributed by atoms with Crippen LogP contribution in [0.15, 0.2) is 53.4 Å². The van der Waals surface area contributed by atoms with Gasteiger partial charge in [0, 0.05) is 5.70 Å². The van der Waals surface area contributed by atoms with Crippen LogP contribution in [0.3, 0.4) is 0 Å². The van der Waals surface area contributed by atoms with Gasteiger partial charge in [-0.15, -0.1) is 16.4 Å². The maximum atomic E-state index is 12.6. The molecule has 8 nitrogen and oxygen atoms in total. The fourth-order valence-electron chi connectivity index (χ4n) is 4.22. The number of aromatic nitrogens is 4. The Labute approximate surface area is 181 Å². The lowest BCUT2D eigenvalue weighted by Crippen LogP contribution is -2.26. The fourth-order valence-corrected chi connectivity index (χ4v) is 5.11. The van der Waals surface area contributed by atoms with E-state index in [1.165, 1.54) is 20.9 Å². The molecule has 9 heteroatoms. The highest BCUT2D eigenvalue weighted by atomic mass is 32.1. The highest BCUT2D eigenvalue weighted by Gasteiger charge is 2.45. The summed E-state index contributed by atoms with van der Waals surface area (Å²) in [7, 11) is 0. The van der Waals surface area contributed by atoms with E-state index in [4.69, 9.17) is 0 Å². The van der Waals surface area contributed by atoms with Crippen LogP contribution in [-0.4, -0.2) is 42.4 Å². The molecule has 5 rings (SSSR count). The third kappa shape index (κ3) is 3.40. The number of hydrogen-bond acceptors (Lipinski definition) is 7. The van der Waals surface area contributed by atoms with Crippen molar-refractivity contribution in [1.82, 2.24) is 24.9 Å². The van der Waals surface area contributed by atoms with Gasteiger partial charge in [0.2, 0.25) is 11.6 Å². The minimum absolute atomic E-state index is 0.00593. The van der Waals surface area contributed by atoms with Crippen LogP contribution < -0.4 is 0 Å². The Hall–Kier alpha value is -3.46. The lowest BCUT2D eigenvalue weighted by atomic mass is 9.88. The number of likely N-dealkylation sites (tertiary alicyclic amines) is 1. The Morgan fingerprint density at radius 1 is 1.23 bits per heavy atom. The van der Waals surface area contributed by atoms with E-state index in [1.807, 2.05) is 44.2 Å². The highest BCUT2D eigenvalue weighted by molar-refractivity contribution is 7.20. The number of nitrogens with zero attached hydrogens (tertiary/aromatic N) is 5. The minimum atomic E-state index is -0.512. The van der Waals surface area contributed by atoms with Crippen molar-refractivity contribution >= 4 is 39.0 Å². The molecule has 0 spiro atoms. The third-order valence-electron chi connectivity index (χ3n) is 5.53. The monoisotopic (exact) mass is 433 g/mol. The number of fused-ring (bicyclic) bond motifs is 2. The van der Waals surface area contributed by atoms with Crippen molar-refractivity contribution in [3.63, 3.8) is 0 Å². The fraction of sp³-hybridized carbons (Fsp3) is 0.273. The Kier molecular flexibility index (Phi) is 4.62. The topological polar surface area (TPSA) is 98.1 Å². The quantitative estimate of drug-likeness (QED) is 0.453. The molecule has 3 aromatic rings. The summed E-state index contributed by atoms with van der Waals surface area (Å²) in [5, 5.41) is 8.56. The second kappa shape index (κ2) is 7.35. The standard InChI is InChI=1S/C22H19N5O3S/c1-12-7-13(2)19-15(8-12)20(29)22(30)27(19)10-14-9-26(25-24-14)11-17(28)21-23-16-5-3-4-6-18(16)31-21/h3-7,9,15H,8,10-11H2,1-2H3. The van der Waals surface area contributed by atoms with Crippen LogP contribution >= 0.6 is 11.3 Å². The number of carbonyl (C=O) groups excluding carboxylic acids is 3. The number of thiazole rings is 1. The van der Waals surface area contributed by atoms with E-state index in [9.17, 15) is 14.4 Å². The largest absolute Gasteiger partial charge is 0.302 e. The molecule has 156 valence electrons. The molecule has 1 saturated heterocycles. The molecule has 2 aromatic heterocycles. The van der Waals surface area contributed by atoms with Crippen LogP contribution in [0, 0.1) is 5.92 Å². The summed E-state index contributed by atoms with van der Waals surface area (Å²) in [6, 6.07) is 7.59. The number of rotatable bonds is 5. The molecule has 2 aliphatic rings. The number of Topliss-reactive ketones (excluding diaryl/α,β-unsaturated/α-hetero) is 2. The minimum Gasteiger partial charge on any atom is -0.302 e. The zero-order valence-corrected chi connectivity index (χ0v) is 17.8. The highest BCUT2D eigenvalue weighted by Crippen LogP contribution is 2.38. The van der Waals surface area contributed by atoms with Gasteiger partial charge in [0.15, 0.2) is 5.01 Å². The molecule has 0 radical (unpaired) electrons. The summed E-state index contributed by atoms with van der Waals surface area (Å²) in [6.07, 6.45) is 4.21. The van der Waals surface area contributed by atoms with Crippen molar-refractivity contribution in [1.29, 1.82) is 0 Å². The van der Waals surface area contributed by atoms with Crippen molar-refractivity contribution < 1.29 is 14.4 Å². The third-order valence-corrected chi connectivity index (χ3v) is 6.61. The average Bonchev–Trinajstić information content (AvgIpc) is 3.42. The molecular formula is C22H19N5O3S. The molecule has 1 unspecified atom stereocenters. The molecule has 3 heterocycles. The van der Waals surface area contributed by atoms with Crippen LogP contribution in [0.1, 0.15) is 35.8 Å². The van der Waals surface area contributed by atoms with Crippen LogP contribution in [0.25, 0.3) is 10.2 Å². The smallest absolute Gasteiger partial charge is 0.295 e. The summed E-state index contributed by atoms with van der Waals surface area (Å²) in [5.41, 5.74) is 4.08.